The minimum Gasteiger partial charge on any atom is -0.492 e. The molecule has 1 spiro atoms. The molecule has 0 bridgehead atoms. The zero-order valence-electron chi connectivity index (χ0n) is 17.6. The molecule has 0 radical (unpaired) electrons. The van der Waals surface area contributed by atoms with Crippen molar-refractivity contribution in [2.24, 2.45) is 0 Å². The summed E-state index contributed by atoms with van der Waals surface area (Å²) in [6, 6.07) is 3.90. The van der Waals surface area contributed by atoms with Crippen molar-refractivity contribution in [2.75, 3.05) is 26.2 Å². The number of alkyl halides is 3. The summed E-state index contributed by atoms with van der Waals surface area (Å²) in [6.45, 7) is 7.67. The van der Waals surface area contributed by atoms with Crippen LogP contribution in [0.2, 0.25) is 0 Å². The number of piperidine rings is 1. The molecule has 7 nitrogen and oxygen atoms in total. The van der Waals surface area contributed by atoms with Gasteiger partial charge in [-0.3, -0.25) is 4.79 Å². The second-order valence-electron chi connectivity index (χ2n) is 8.89. The molecule has 0 unspecified atom stereocenters. The summed E-state index contributed by atoms with van der Waals surface area (Å²) in [5, 5.41) is 0. The van der Waals surface area contributed by atoms with Gasteiger partial charge in [-0.2, -0.15) is 21.6 Å². The van der Waals surface area contributed by atoms with E-state index in [-0.39, 0.29) is 12.4 Å². The van der Waals surface area contributed by atoms with Crippen molar-refractivity contribution in [3.8, 4) is 11.5 Å². The van der Waals surface area contributed by atoms with E-state index in [4.69, 9.17) is 9.47 Å². The van der Waals surface area contributed by atoms with E-state index in [1.807, 2.05) is 20.8 Å². The van der Waals surface area contributed by atoms with Gasteiger partial charge in [-0.05, 0) is 64.9 Å². The summed E-state index contributed by atoms with van der Waals surface area (Å²) in [4.78, 5) is 14.1. The Bertz CT molecular complexity index is 931. The van der Waals surface area contributed by atoms with Crippen LogP contribution >= 0.6 is 0 Å². The van der Waals surface area contributed by atoms with Crippen molar-refractivity contribution in [1.29, 1.82) is 0 Å². The Labute approximate surface area is 179 Å². The zero-order chi connectivity index (χ0) is 23.1. The molecule has 2 aliphatic heterocycles. The molecule has 3 rings (SSSR count). The number of nitrogens with zero attached hydrogens (tertiary/aromatic N) is 1. The molecule has 1 fully saturated rings. The quantitative estimate of drug-likeness (QED) is 0.375. The van der Waals surface area contributed by atoms with Crippen LogP contribution in [0.4, 0.5) is 13.2 Å². The van der Waals surface area contributed by atoms with Crippen molar-refractivity contribution >= 4 is 16.1 Å². The monoisotopic (exact) mass is 465 g/mol. The van der Waals surface area contributed by atoms with Gasteiger partial charge in [0.05, 0.1) is 13.0 Å². The normalized spacial score (nSPS) is 19.0. The number of carbonyl (C=O) groups excluding carboxylic acids is 1. The first-order chi connectivity index (χ1) is 14.2. The van der Waals surface area contributed by atoms with Crippen LogP contribution in [0.25, 0.3) is 0 Å². The van der Waals surface area contributed by atoms with Gasteiger partial charge < -0.3 is 18.6 Å². The molecule has 0 aromatic heterocycles. The number of carbonyl (C=O) groups is 1. The van der Waals surface area contributed by atoms with Crippen molar-refractivity contribution in [1.82, 2.24) is 4.90 Å². The van der Waals surface area contributed by atoms with Crippen molar-refractivity contribution in [2.45, 2.75) is 56.6 Å². The molecule has 1 aromatic carbocycles. The van der Waals surface area contributed by atoms with Gasteiger partial charge >= 0.3 is 21.6 Å². The van der Waals surface area contributed by atoms with E-state index in [0.717, 1.165) is 6.07 Å². The number of fused-ring (bicyclic) bond motifs is 2. The van der Waals surface area contributed by atoms with E-state index >= 15 is 0 Å². The van der Waals surface area contributed by atoms with Gasteiger partial charge in [0.15, 0.2) is 0 Å². The third-order valence-electron chi connectivity index (χ3n) is 5.38. The number of likely N-dealkylation sites (tertiary alicyclic amines) is 1. The number of rotatable bonds is 5. The standard InChI is InChI=1S/C20H26F3NO6S/c1-18(2,3)29-17(25)6-9-24-10-7-19(8-11-24)13-28-16-5-4-14(12-15(16)19)30-31(26,27)20(21,22)23/h4-5,12H,6-11,13H2,1-3H3. The molecule has 0 N–H and O–H groups in total. The highest BCUT2D eigenvalue weighted by Gasteiger charge is 2.49. The van der Waals surface area contributed by atoms with Gasteiger partial charge in [-0.1, -0.05) is 0 Å². The summed E-state index contributed by atoms with van der Waals surface area (Å²) in [5.74, 6) is -0.151. The van der Waals surface area contributed by atoms with Crippen LogP contribution < -0.4 is 8.92 Å². The summed E-state index contributed by atoms with van der Waals surface area (Å²) in [7, 11) is -5.74. The molecule has 1 saturated heterocycles. The van der Waals surface area contributed by atoms with E-state index in [2.05, 4.69) is 9.08 Å². The lowest BCUT2D eigenvalue weighted by molar-refractivity contribution is -0.155. The SMILES string of the molecule is CC(C)(C)OC(=O)CCN1CCC2(CC1)COc1ccc(OS(=O)(=O)C(F)(F)F)cc12. The molecule has 11 heteroatoms. The fourth-order valence-corrected chi connectivity index (χ4v) is 4.28. The van der Waals surface area contributed by atoms with E-state index in [9.17, 15) is 26.4 Å². The smallest absolute Gasteiger partial charge is 0.492 e. The third-order valence-corrected chi connectivity index (χ3v) is 6.36. The summed E-state index contributed by atoms with van der Waals surface area (Å²) in [5.41, 5.74) is -5.82. The van der Waals surface area contributed by atoms with Crippen LogP contribution in [0.5, 0.6) is 11.5 Å². The maximum absolute atomic E-state index is 12.6. The van der Waals surface area contributed by atoms with Gasteiger partial charge in [0, 0.05) is 17.5 Å². The highest BCUT2D eigenvalue weighted by atomic mass is 32.2. The van der Waals surface area contributed by atoms with Crippen LogP contribution in [0.15, 0.2) is 18.2 Å². The maximum atomic E-state index is 12.6. The van der Waals surface area contributed by atoms with Crippen LogP contribution in [-0.2, 0) is 25.1 Å². The highest BCUT2D eigenvalue weighted by molar-refractivity contribution is 7.88. The number of ether oxygens (including phenoxy) is 2. The number of hydrogen-bond acceptors (Lipinski definition) is 7. The molecular formula is C20H26F3NO6S. The Kier molecular flexibility index (Phi) is 6.22. The molecule has 0 saturated carbocycles. The molecule has 2 aliphatic rings. The molecule has 1 aromatic rings. The first-order valence-corrected chi connectivity index (χ1v) is 11.3. The number of halogens is 3. The van der Waals surface area contributed by atoms with E-state index in [1.54, 1.807) is 0 Å². The Morgan fingerprint density at radius 3 is 2.42 bits per heavy atom. The lowest BCUT2D eigenvalue weighted by atomic mass is 9.74. The first kappa shape index (κ1) is 23.6. The summed E-state index contributed by atoms with van der Waals surface area (Å²) >= 11 is 0. The minimum absolute atomic E-state index is 0.268. The molecule has 174 valence electrons. The van der Waals surface area contributed by atoms with E-state index in [0.29, 0.717) is 50.4 Å². The first-order valence-electron chi connectivity index (χ1n) is 9.93. The molecule has 0 atom stereocenters. The Morgan fingerprint density at radius 1 is 1.19 bits per heavy atom. The second kappa shape index (κ2) is 8.16. The van der Waals surface area contributed by atoms with Crippen molar-refractivity contribution in [3.05, 3.63) is 23.8 Å². The topological polar surface area (TPSA) is 82.1 Å². The molecular weight excluding hydrogens is 439 g/mol. The summed E-state index contributed by atoms with van der Waals surface area (Å²) in [6.07, 6.45) is 1.58. The minimum atomic E-state index is -5.74. The van der Waals surface area contributed by atoms with Crippen molar-refractivity contribution < 1.29 is 40.0 Å². The largest absolute Gasteiger partial charge is 0.534 e. The number of esters is 1. The highest BCUT2D eigenvalue weighted by Crippen LogP contribution is 2.47. The van der Waals surface area contributed by atoms with Gasteiger partial charge in [0.1, 0.15) is 17.1 Å². The van der Waals surface area contributed by atoms with Gasteiger partial charge in [0.2, 0.25) is 0 Å². The van der Waals surface area contributed by atoms with Crippen LogP contribution in [0, 0.1) is 0 Å². The zero-order valence-corrected chi connectivity index (χ0v) is 18.4. The molecule has 31 heavy (non-hydrogen) atoms. The Hall–Kier alpha value is -2.01. The number of hydrogen-bond donors (Lipinski definition) is 0. The summed E-state index contributed by atoms with van der Waals surface area (Å²) < 4.78 is 75.8. The average molecular weight is 465 g/mol. The van der Waals surface area contributed by atoms with Gasteiger partial charge in [-0.25, -0.2) is 0 Å². The van der Waals surface area contributed by atoms with Crippen LogP contribution in [0.1, 0.15) is 45.6 Å². The van der Waals surface area contributed by atoms with Crippen LogP contribution in [-0.4, -0.2) is 56.6 Å². The maximum Gasteiger partial charge on any atom is 0.534 e. The number of benzene rings is 1. The van der Waals surface area contributed by atoms with Gasteiger partial charge in [-0.15, -0.1) is 0 Å². The predicted molar refractivity (Wildman–Crippen MR) is 105 cm³/mol. The lowest BCUT2D eigenvalue weighted by Gasteiger charge is -2.38. The lowest BCUT2D eigenvalue weighted by Crippen LogP contribution is -2.44. The average Bonchev–Trinajstić information content (AvgIpc) is 2.97. The van der Waals surface area contributed by atoms with E-state index < -0.39 is 32.4 Å². The fraction of sp³-hybridized carbons (Fsp3) is 0.650. The fourth-order valence-electron chi connectivity index (χ4n) is 3.83. The van der Waals surface area contributed by atoms with E-state index in [1.165, 1.54) is 12.1 Å². The molecule has 0 amide bonds. The molecule has 2 heterocycles. The van der Waals surface area contributed by atoms with Gasteiger partial charge in [0.25, 0.3) is 0 Å². The Morgan fingerprint density at radius 2 is 1.84 bits per heavy atom. The second-order valence-corrected chi connectivity index (χ2v) is 10.4. The van der Waals surface area contributed by atoms with Crippen molar-refractivity contribution in [3.63, 3.8) is 0 Å². The Balaban J connectivity index is 1.64. The predicted octanol–water partition coefficient (Wildman–Crippen LogP) is 3.37. The molecule has 0 aliphatic carbocycles. The third kappa shape index (κ3) is 5.43. The van der Waals surface area contributed by atoms with Crippen LogP contribution in [0.3, 0.4) is 0 Å².